The molecule has 0 aliphatic heterocycles. The molecule has 0 aliphatic rings. The Morgan fingerprint density at radius 3 is 2.71 bits per heavy atom. The lowest BCUT2D eigenvalue weighted by Gasteiger charge is -2.06. The van der Waals surface area contributed by atoms with Gasteiger partial charge in [-0.15, -0.1) is 5.10 Å². The van der Waals surface area contributed by atoms with Crippen molar-refractivity contribution in [3.05, 3.63) is 64.7 Å². The lowest BCUT2D eigenvalue weighted by molar-refractivity contribution is -0.384. The summed E-state index contributed by atoms with van der Waals surface area (Å²) < 4.78 is 5.50. The molecule has 28 heavy (non-hydrogen) atoms. The van der Waals surface area contributed by atoms with Crippen LogP contribution in [0.4, 0.5) is 5.69 Å². The van der Waals surface area contributed by atoms with Crippen LogP contribution >= 0.6 is 11.8 Å². The van der Waals surface area contributed by atoms with E-state index in [0.717, 1.165) is 17.5 Å². The Hall–Kier alpha value is -3.40. The van der Waals surface area contributed by atoms with Crippen molar-refractivity contribution in [2.24, 2.45) is 0 Å². The highest BCUT2D eigenvalue weighted by molar-refractivity contribution is 7.99. The number of hydrogen-bond donors (Lipinski definition) is 2. The third-order valence-corrected chi connectivity index (χ3v) is 4.44. The zero-order valence-electron chi connectivity index (χ0n) is 14.7. The molecule has 1 aromatic heterocycles. The van der Waals surface area contributed by atoms with Crippen LogP contribution < -0.4 is 10.1 Å². The second-order valence-electron chi connectivity index (χ2n) is 5.54. The number of nitrogens with zero attached hydrogens (tertiary/aromatic N) is 3. The van der Waals surface area contributed by atoms with Gasteiger partial charge in [-0.05, 0) is 18.2 Å². The minimum Gasteiger partial charge on any atom is -0.492 e. The largest absolute Gasteiger partial charge is 0.492 e. The van der Waals surface area contributed by atoms with Crippen LogP contribution in [-0.4, -0.2) is 44.9 Å². The number of rotatable bonds is 9. The molecule has 0 bridgehead atoms. The zero-order valence-corrected chi connectivity index (χ0v) is 15.5. The van der Waals surface area contributed by atoms with Crippen molar-refractivity contribution in [2.45, 2.75) is 5.16 Å². The molecule has 1 amide bonds. The highest BCUT2D eigenvalue weighted by Crippen LogP contribution is 2.27. The highest BCUT2D eigenvalue weighted by atomic mass is 32.2. The summed E-state index contributed by atoms with van der Waals surface area (Å²) in [5.74, 6) is 0.971. The van der Waals surface area contributed by atoms with E-state index in [1.165, 1.54) is 6.07 Å². The minimum atomic E-state index is -0.477. The van der Waals surface area contributed by atoms with Crippen molar-refractivity contribution in [1.82, 2.24) is 20.5 Å². The van der Waals surface area contributed by atoms with Gasteiger partial charge >= 0.3 is 0 Å². The fourth-order valence-electron chi connectivity index (χ4n) is 2.32. The molecule has 0 radical (unpaired) electrons. The first kappa shape index (κ1) is 19.4. The monoisotopic (exact) mass is 399 g/mol. The van der Waals surface area contributed by atoms with Gasteiger partial charge in [0.1, 0.15) is 12.4 Å². The average molecular weight is 399 g/mol. The maximum atomic E-state index is 11.9. The van der Waals surface area contributed by atoms with Gasteiger partial charge in [-0.1, -0.05) is 42.1 Å². The molecule has 1 heterocycles. The predicted octanol–water partition coefficient (Wildman–Crippen LogP) is 2.67. The van der Waals surface area contributed by atoms with E-state index in [1.54, 1.807) is 18.2 Å². The van der Waals surface area contributed by atoms with Gasteiger partial charge < -0.3 is 10.1 Å². The van der Waals surface area contributed by atoms with Crippen LogP contribution in [0.1, 0.15) is 0 Å². The number of ether oxygens (including phenoxy) is 1. The molecule has 144 valence electrons. The number of benzene rings is 2. The fourth-order valence-corrected chi connectivity index (χ4v) is 2.95. The Balaban J connectivity index is 1.45. The third kappa shape index (κ3) is 5.30. The molecule has 2 aromatic carbocycles. The van der Waals surface area contributed by atoms with Crippen LogP contribution in [-0.2, 0) is 4.79 Å². The van der Waals surface area contributed by atoms with Crippen LogP contribution in [0.25, 0.3) is 11.4 Å². The number of carbonyl (C=O) groups is 1. The first-order valence-electron chi connectivity index (χ1n) is 8.37. The van der Waals surface area contributed by atoms with Gasteiger partial charge in [-0.2, -0.15) is 0 Å². The number of thioether (sulfide) groups is 1. The second kappa shape index (κ2) is 9.51. The Morgan fingerprint density at radius 2 is 1.93 bits per heavy atom. The van der Waals surface area contributed by atoms with Gasteiger partial charge in [0.2, 0.25) is 11.1 Å². The minimum absolute atomic E-state index is 0.0636. The standard InChI is InChI=1S/C18H17N5O4S/c24-16(19-10-11-27-13-6-2-1-3-7-13)12-28-18-20-17(21-22-18)14-8-4-5-9-15(14)23(25)26/h1-9H,10-12H2,(H,19,24)(H,20,21,22). The molecule has 3 rings (SSSR count). The van der Waals surface area contributed by atoms with E-state index in [2.05, 4.69) is 20.5 Å². The fraction of sp³-hybridized carbons (Fsp3) is 0.167. The third-order valence-electron chi connectivity index (χ3n) is 3.59. The van der Waals surface area contributed by atoms with Crippen LogP contribution in [0.5, 0.6) is 5.75 Å². The molecule has 0 spiro atoms. The van der Waals surface area contributed by atoms with E-state index in [9.17, 15) is 14.9 Å². The summed E-state index contributed by atoms with van der Waals surface area (Å²) in [6.45, 7) is 0.743. The van der Waals surface area contributed by atoms with Crippen molar-refractivity contribution >= 4 is 23.4 Å². The van der Waals surface area contributed by atoms with Crippen LogP contribution in [0.3, 0.4) is 0 Å². The topological polar surface area (TPSA) is 123 Å². The van der Waals surface area contributed by atoms with Gasteiger partial charge in [0.05, 0.1) is 22.8 Å². The Bertz CT molecular complexity index is 948. The van der Waals surface area contributed by atoms with E-state index < -0.39 is 4.92 Å². The van der Waals surface area contributed by atoms with Gasteiger partial charge in [-0.3, -0.25) is 20.0 Å². The molecule has 0 atom stereocenters. The quantitative estimate of drug-likeness (QED) is 0.245. The Labute approximate surface area is 164 Å². The summed E-state index contributed by atoms with van der Waals surface area (Å²) in [5.41, 5.74) is 0.278. The second-order valence-corrected chi connectivity index (χ2v) is 6.48. The smallest absolute Gasteiger partial charge is 0.280 e. The van der Waals surface area contributed by atoms with Crippen molar-refractivity contribution < 1.29 is 14.5 Å². The number of amides is 1. The number of hydrogen-bond acceptors (Lipinski definition) is 7. The number of nitro groups is 1. The van der Waals surface area contributed by atoms with E-state index in [0.29, 0.717) is 23.9 Å². The lowest BCUT2D eigenvalue weighted by atomic mass is 10.2. The molecule has 3 aromatic rings. The number of aromatic nitrogens is 3. The normalized spacial score (nSPS) is 10.4. The lowest BCUT2D eigenvalue weighted by Crippen LogP contribution is -2.29. The van der Waals surface area contributed by atoms with Crippen LogP contribution in [0.15, 0.2) is 59.8 Å². The van der Waals surface area contributed by atoms with Gasteiger partial charge in [0.15, 0.2) is 5.82 Å². The number of nitrogens with one attached hydrogen (secondary N) is 2. The maximum absolute atomic E-state index is 11.9. The summed E-state index contributed by atoms with van der Waals surface area (Å²) in [4.78, 5) is 26.8. The highest BCUT2D eigenvalue weighted by Gasteiger charge is 2.18. The number of aromatic amines is 1. The molecule has 9 nitrogen and oxygen atoms in total. The SMILES string of the molecule is O=C(CSc1n[nH]c(-c2ccccc2[N+](=O)[O-])n1)NCCOc1ccccc1. The molecule has 0 unspecified atom stereocenters. The van der Waals surface area contributed by atoms with E-state index in [-0.39, 0.29) is 23.2 Å². The predicted molar refractivity (Wildman–Crippen MR) is 104 cm³/mol. The molecule has 10 heteroatoms. The number of carbonyl (C=O) groups excluding carboxylic acids is 1. The van der Waals surface area contributed by atoms with Gasteiger partial charge in [-0.25, -0.2) is 4.98 Å². The summed E-state index contributed by atoms with van der Waals surface area (Å²) in [7, 11) is 0. The van der Waals surface area contributed by atoms with E-state index in [1.807, 2.05) is 30.3 Å². The van der Waals surface area contributed by atoms with Crippen LogP contribution in [0, 0.1) is 10.1 Å². The van der Waals surface area contributed by atoms with Gasteiger partial charge in [0.25, 0.3) is 5.69 Å². The zero-order chi connectivity index (χ0) is 19.8. The van der Waals surface area contributed by atoms with Crippen molar-refractivity contribution in [3.8, 4) is 17.1 Å². The molecular formula is C18H17N5O4S. The molecule has 0 fully saturated rings. The number of para-hydroxylation sites is 2. The first-order chi connectivity index (χ1) is 13.6. The number of nitro benzene ring substituents is 1. The number of H-pyrrole nitrogens is 1. The van der Waals surface area contributed by atoms with Gasteiger partial charge in [0, 0.05) is 6.07 Å². The van der Waals surface area contributed by atoms with E-state index >= 15 is 0 Å². The van der Waals surface area contributed by atoms with E-state index in [4.69, 9.17) is 4.74 Å². The van der Waals surface area contributed by atoms with Crippen LogP contribution in [0.2, 0.25) is 0 Å². The maximum Gasteiger partial charge on any atom is 0.280 e. The molecular weight excluding hydrogens is 382 g/mol. The molecule has 2 N–H and O–H groups in total. The summed E-state index contributed by atoms with van der Waals surface area (Å²) in [6, 6.07) is 15.6. The van der Waals surface area contributed by atoms with Crippen molar-refractivity contribution in [2.75, 3.05) is 18.9 Å². The average Bonchev–Trinajstić information content (AvgIpc) is 3.19. The molecule has 0 aliphatic carbocycles. The molecule has 0 saturated heterocycles. The summed E-state index contributed by atoms with van der Waals surface area (Å²) >= 11 is 1.14. The summed E-state index contributed by atoms with van der Waals surface area (Å²) in [6.07, 6.45) is 0. The molecule has 0 saturated carbocycles. The van der Waals surface area contributed by atoms with Crippen molar-refractivity contribution in [1.29, 1.82) is 0 Å². The van der Waals surface area contributed by atoms with Crippen molar-refractivity contribution in [3.63, 3.8) is 0 Å². The first-order valence-corrected chi connectivity index (χ1v) is 9.35. The Morgan fingerprint density at radius 1 is 1.18 bits per heavy atom. The summed E-state index contributed by atoms with van der Waals surface area (Å²) in [5, 5.41) is 20.9. The Kier molecular flexibility index (Phi) is 6.58.